The Morgan fingerprint density at radius 2 is 1.91 bits per heavy atom. The van der Waals surface area contributed by atoms with E-state index >= 15 is 0 Å². The molecular formula is C17H24N2O3. The first kappa shape index (κ1) is 15.1. The third-order valence-electron chi connectivity index (χ3n) is 4.87. The Hall–Kier alpha value is -1.78. The van der Waals surface area contributed by atoms with Gasteiger partial charge in [0.25, 0.3) is 5.91 Å². The first-order chi connectivity index (χ1) is 10.6. The van der Waals surface area contributed by atoms with Crippen LogP contribution in [0.3, 0.4) is 0 Å². The SMILES string of the molecule is CC1CCCN(C(=O)C2CCN(C(=O)c3ccoc3)CC2)C1. The Bertz CT molecular complexity index is 518. The molecule has 0 aliphatic carbocycles. The van der Waals surface area contributed by atoms with Gasteiger partial charge in [-0.3, -0.25) is 9.59 Å². The summed E-state index contributed by atoms with van der Waals surface area (Å²) in [5.74, 6) is 0.993. The third-order valence-corrected chi connectivity index (χ3v) is 4.87. The minimum Gasteiger partial charge on any atom is -0.472 e. The summed E-state index contributed by atoms with van der Waals surface area (Å²) >= 11 is 0. The van der Waals surface area contributed by atoms with Crippen molar-refractivity contribution in [2.45, 2.75) is 32.6 Å². The fraction of sp³-hybridized carbons (Fsp3) is 0.647. The van der Waals surface area contributed by atoms with Gasteiger partial charge in [-0.05, 0) is 37.7 Å². The minimum atomic E-state index is 0.00578. The zero-order chi connectivity index (χ0) is 15.5. The maximum Gasteiger partial charge on any atom is 0.257 e. The van der Waals surface area contributed by atoms with Gasteiger partial charge in [0.2, 0.25) is 5.91 Å². The van der Waals surface area contributed by atoms with E-state index < -0.39 is 0 Å². The topological polar surface area (TPSA) is 53.8 Å². The van der Waals surface area contributed by atoms with Gasteiger partial charge in [-0.25, -0.2) is 0 Å². The van der Waals surface area contributed by atoms with Crippen LogP contribution in [0.25, 0.3) is 0 Å². The molecule has 0 N–H and O–H groups in total. The number of amides is 2. The molecule has 2 amide bonds. The Kier molecular flexibility index (Phi) is 4.50. The Labute approximate surface area is 131 Å². The molecule has 2 aliphatic heterocycles. The molecule has 0 saturated carbocycles. The summed E-state index contributed by atoms with van der Waals surface area (Å²) in [4.78, 5) is 28.7. The highest BCUT2D eigenvalue weighted by Crippen LogP contribution is 2.24. The van der Waals surface area contributed by atoms with E-state index in [1.54, 1.807) is 6.07 Å². The maximum absolute atomic E-state index is 12.6. The number of furan rings is 1. The molecular weight excluding hydrogens is 280 g/mol. The van der Waals surface area contributed by atoms with E-state index in [9.17, 15) is 9.59 Å². The largest absolute Gasteiger partial charge is 0.472 e. The highest BCUT2D eigenvalue weighted by molar-refractivity contribution is 5.94. The summed E-state index contributed by atoms with van der Waals surface area (Å²) in [6, 6.07) is 1.69. The summed E-state index contributed by atoms with van der Waals surface area (Å²) in [6.45, 7) is 5.32. The maximum atomic E-state index is 12.6. The van der Waals surface area contributed by atoms with E-state index in [-0.39, 0.29) is 11.8 Å². The smallest absolute Gasteiger partial charge is 0.257 e. The fourth-order valence-corrected chi connectivity index (χ4v) is 3.55. The molecule has 1 atom stereocenters. The summed E-state index contributed by atoms with van der Waals surface area (Å²) in [7, 11) is 0. The van der Waals surface area contributed by atoms with Crippen LogP contribution in [0.2, 0.25) is 0 Å². The van der Waals surface area contributed by atoms with E-state index in [0.717, 1.165) is 32.4 Å². The molecule has 0 spiro atoms. The standard InChI is InChI=1S/C17H24N2O3/c1-13-3-2-7-19(11-13)16(20)14-4-8-18(9-5-14)17(21)15-6-10-22-12-15/h6,10,12-14H,2-5,7-9,11H2,1H3. The normalized spacial score (nSPS) is 23.6. The van der Waals surface area contributed by atoms with Crippen molar-refractivity contribution in [3.8, 4) is 0 Å². The Morgan fingerprint density at radius 3 is 2.55 bits per heavy atom. The molecule has 0 bridgehead atoms. The highest BCUT2D eigenvalue weighted by atomic mass is 16.3. The first-order valence-electron chi connectivity index (χ1n) is 8.25. The summed E-state index contributed by atoms with van der Waals surface area (Å²) in [6.07, 6.45) is 6.88. The van der Waals surface area contributed by atoms with E-state index in [2.05, 4.69) is 6.92 Å². The molecule has 0 radical (unpaired) electrons. The molecule has 2 saturated heterocycles. The number of hydrogen-bond donors (Lipinski definition) is 0. The van der Waals surface area contributed by atoms with Gasteiger partial charge in [-0.2, -0.15) is 0 Å². The fourth-order valence-electron chi connectivity index (χ4n) is 3.55. The van der Waals surface area contributed by atoms with Crippen LogP contribution in [0, 0.1) is 11.8 Å². The van der Waals surface area contributed by atoms with Crippen LogP contribution in [-0.2, 0) is 4.79 Å². The first-order valence-corrected chi connectivity index (χ1v) is 8.25. The molecule has 1 aromatic rings. The van der Waals surface area contributed by atoms with Gasteiger partial charge < -0.3 is 14.2 Å². The zero-order valence-electron chi connectivity index (χ0n) is 13.2. The van der Waals surface area contributed by atoms with Crippen LogP contribution in [0.4, 0.5) is 0 Å². The monoisotopic (exact) mass is 304 g/mol. The second-order valence-electron chi connectivity index (χ2n) is 6.61. The van der Waals surface area contributed by atoms with E-state index in [4.69, 9.17) is 4.42 Å². The van der Waals surface area contributed by atoms with Crippen LogP contribution in [0.15, 0.2) is 23.0 Å². The van der Waals surface area contributed by atoms with Crippen molar-refractivity contribution in [3.63, 3.8) is 0 Å². The number of carbonyl (C=O) groups is 2. The van der Waals surface area contributed by atoms with Gasteiger partial charge in [-0.1, -0.05) is 6.92 Å². The van der Waals surface area contributed by atoms with Crippen LogP contribution >= 0.6 is 0 Å². The van der Waals surface area contributed by atoms with Gasteiger partial charge >= 0.3 is 0 Å². The number of rotatable bonds is 2. The second-order valence-corrected chi connectivity index (χ2v) is 6.61. The molecule has 5 nitrogen and oxygen atoms in total. The molecule has 0 aromatic carbocycles. The number of piperidine rings is 2. The van der Waals surface area contributed by atoms with Gasteiger partial charge in [0.1, 0.15) is 6.26 Å². The van der Waals surface area contributed by atoms with Crippen molar-refractivity contribution >= 4 is 11.8 Å². The van der Waals surface area contributed by atoms with Gasteiger partial charge in [-0.15, -0.1) is 0 Å². The molecule has 5 heteroatoms. The van der Waals surface area contributed by atoms with Gasteiger partial charge in [0.05, 0.1) is 11.8 Å². The number of likely N-dealkylation sites (tertiary alicyclic amines) is 2. The van der Waals surface area contributed by atoms with Gasteiger partial charge in [0, 0.05) is 32.1 Å². The number of carbonyl (C=O) groups excluding carboxylic acids is 2. The average molecular weight is 304 g/mol. The summed E-state index contributed by atoms with van der Waals surface area (Å²) in [5, 5.41) is 0. The van der Waals surface area contributed by atoms with Crippen molar-refractivity contribution in [1.82, 2.24) is 9.80 Å². The average Bonchev–Trinajstić information content (AvgIpc) is 3.08. The lowest BCUT2D eigenvalue weighted by Gasteiger charge is -2.37. The van der Waals surface area contributed by atoms with Gasteiger partial charge in [0.15, 0.2) is 0 Å². The van der Waals surface area contributed by atoms with Crippen molar-refractivity contribution in [3.05, 3.63) is 24.2 Å². The number of nitrogens with zero attached hydrogens (tertiary/aromatic N) is 2. The molecule has 3 rings (SSSR count). The predicted molar refractivity (Wildman–Crippen MR) is 82.3 cm³/mol. The van der Waals surface area contributed by atoms with E-state index in [0.29, 0.717) is 30.5 Å². The van der Waals surface area contributed by atoms with Crippen molar-refractivity contribution in [1.29, 1.82) is 0 Å². The molecule has 120 valence electrons. The molecule has 1 aromatic heterocycles. The lowest BCUT2D eigenvalue weighted by Crippen LogP contribution is -2.46. The van der Waals surface area contributed by atoms with Crippen LogP contribution in [0.5, 0.6) is 0 Å². The van der Waals surface area contributed by atoms with Crippen LogP contribution in [0.1, 0.15) is 43.0 Å². The lowest BCUT2D eigenvalue weighted by molar-refractivity contribution is -0.138. The van der Waals surface area contributed by atoms with Crippen LogP contribution in [-0.4, -0.2) is 47.8 Å². The molecule has 3 heterocycles. The van der Waals surface area contributed by atoms with E-state index in [1.165, 1.54) is 18.9 Å². The Morgan fingerprint density at radius 1 is 1.14 bits per heavy atom. The zero-order valence-corrected chi connectivity index (χ0v) is 13.2. The number of hydrogen-bond acceptors (Lipinski definition) is 3. The molecule has 22 heavy (non-hydrogen) atoms. The Balaban J connectivity index is 1.53. The predicted octanol–water partition coefficient (Wildman–Crippen LogP) is 2.39. The molecule has 1 unspecified atom stereocenters. The molecule has 2 aliphatic rings. The summed E-state index contributed by atoms with van der Waals surface area (Å²) in [5.41, 5.74) is 0.592. The van der Waals surface area contributed by atoms with Crippen molar-refractivity contribution in [2.24, 2.45) is 11.8 Å². The third kappa shape index (κ3) is 3.18. The quantitative estimate of drug-likeness (QED) is 0.843. The van der Waals surface area contributed by atoms with Crippen molar-refractivity contribution < 1.29 is 14.0 Å². The van der Waals surface area contributed by atoms with E-state index in [1.807, 2.05) is 9.80 Å². The lowest BCUT2D eigenvalue weighted by atomic mass is 9.92. The van der Waals surface area contributed by atoms with Crippen molar-refractivity contribution in [2.75, 3.05) is 26.2 Å². The molecule has 2 fully saturated rings. The summed E-state index contributed by atoms with van der Waals surface area (Å²) < 4.78 is 4.97. The van der Waals surface area contributed by atoms with Crippen LogP contribution < -0.4 is 0 Å². The minimum absolute atomic E-state index is 0.00578. The second kappa shape index (κ2) is 6.55. The highest BCUT2D eigenvalue weighted by Gasteiger charge is 2.32.